The number of alkyl halides is 3. The molecule has 1 amide bonds. The van der Waals surface area contributed by atoms with Crippen LogP contribution in [-0.2, 0) is 4.79 Å². The van der Waals surface area contributed by atoms with Gasteiger partial charge in [0.05, 0.1) is 12.0 Å². The maximum absolute atomic E-state index is 13.6. The molecule has 1 aromatic rings. The van der Waals surface area contributed by atoms with Gasteiger partial charge in [0, 0.05) is 16.5 Å². The van der Waals surface area contributed by atoms with Crippen molar-refractivity contribution < 1.29 is 22.4 Å². The molecular weight excluding hydrogens is 318 g/mol. The van der Waals surface area contributed by atoms with Gasteiger partial charge in [-0.2, -0.15) is 13.2 Å². The highest BCUT2D eigenvalue weighted by atomic mass is 79.9. The lowest BCUT2D eigenvalue weighted by Gasteiger charge is -2.22. The van der Waals surface area contributed by atoms with Crippen LogP contribution in [0.4, 0.5) is 17.6 Å². The quantitative estimate of drug-likeness (QED) is 0.788. The summed E-state index contributed by atoms with van der Waals surface area (Å²) in [5.74, 6) is -3.38. The number of carbonyl (C=O) groups is 1. The van der Waals surface area contributed by atoms with Gasteiger partial charge in [-0.3, -0.25) is 4.79 Å². The number of benzene rings is 1. The van der Waals surface area contributed by atoms with E-state index in [-0.39, 0.29) is 5.56 Å². The van der Waals surface area contributed by atoms with Crippen LogP contribution in [0.2, 0.25) is 0 Å². The number of nitrogens with one attached hydrogen (secondary N) is 1. The fourth-order valence-electron chi connectivity index (χ4n) is 2.00. The Morgan fingerprint density at radius 2 is 2.00 bits per heavy atom. The van der Waals surface area contributed by atoms with Gasteiger partial charge in [0.2, 0.25) is 5.91 Å². The van der Waals surface area contributed by atoms with E-state index in [4.69, 9.17) is 0 Å². The molecule has 2 unspecified atom stereocenters. The minimum Gasteiger partial charge on any atom is -0.349 e. The second kappa shape index (κ2) is 4.53. The Morgan fingerprint density at radius 1 is 1.33 bits per heavy atom. The monoisotopic (exact) mass is 325 g/mol. The van der Waals surface area contributed by atoms with E-state index >= 15 is 0 Å². The first-order valence-corrected chi connectivity index (χ1v) is 5.89. The SMILES string of the molecule is O=C1CC(C(F)(F)F)C(c2cc(Br)ccc2F)N1. The first kappa shape index (κ1) is 13.3. The largest absolute Gasteiger partial charge is 0.394 e. The third-order valence-corrected chi connectivity index (χ3v) is 3.33. The highest BCUT2D eigenvalue weighted by Gasteiger charge is 2.51. The van der Waals surface area contributed by atoms with Crippen LogP contribution in [0.1, 0.15) is 18.0 Å². The Bertz CT molecular complexity index is 488. The van der Waals surface area contributed by atoms with Gasteiger partial charge in [0.25, 0.3) is 0 Å². The van der Waals surface area contributed by atoms with Gasteiger partial charge in [-0.15, -0.1) is 0 Å². The van der Waals surface area contributed by atoms with Crippen molar-refractivity contribution in [2.24, 2.45) is 5.92 Å². The van der Waals surface area contributed by atoms with Crippen molar-refractivity contribution in [2.45, 2.75) is 18.6 Å². The number of hydrogen-bond acceptors (Lipinski definition) is 1. The van der Waals surface area contributed by atoms with Gasteiger partial charge >= 0.3 is 6.18 Å². The maximum Gasteiger partial charge on any atom is 0.394 e. The molecular formula is C11H8BrF4NO. The van der Waals surface area contributed by atoms with E-state index in [2.05, 4.69) is 21.2 Å². The van der Waals surface area contributed by atoms with Crippen molar-refractivity contribution >= 4 is 21.8 Å². The molecule has 2 atom stereocenters. The molecule has 1 saturated heterocycles. The molecule has 0 saturated carbocycles. The summed E-state index contributed by atoms with van der Waals surface area (Å²) >= 11 is 3.07. The molecule has 2 rings (SSSR count). The van der Waals surface area contributed by atoms with Gasteiger partial charge in [0.15, 0.2) is 0 Å². The van der Waals surface area contributed by atoms with Crippen molar-refractivity contribution in [3.63, 3.8) is 0 Å². The molecule has 0 radical (unpaired) electrons. The number of rotatable bonds is 1. The summed E-state index contributed by atoms with van der Waals surface area (Å²) < 4.78 is 52.4. The third kappa shape index (κ3) is 2.50. The lowest BCUT2D eigenvalue weighted by atomic mass is 9.93. The first-order valence-electron chi connectivity index (χ1n) is 5.10. The average molecular weight is 326 g/mol. The van der Waals surface area contributed by atoms with Crippen molar-refractivity contribution in [2.75, 3.05) is 0 Å². The van der Waals surface area contributed by atoms with Crippen LogP contribution in [0.25, 0.3) is 0 Å². The molecule has 0 bridgehead atoms. The predicted molar refractivity (Wildman–Crippen MR) is 59.1 cm³/mol. The smallest absolute Gasteiger partial charge is 0.349 e. The zero-order chi connectivity index (χ0) is 13.5. The van der Waals surface area contributed by atoms with E-state index in [1.54, 1.807) is 0 Å². The van der Waals surface area contributed by atoms with Crippen LogP contribution in [0.15, 0.2) is 22.7 Å². The van der Waals surface area contributed by atoms with Crippen molar-refractivity contribution in [3.8, 4) is 0 Å². The summed E-state index contributed by atoms with van der Waals surface area (Å²) in [7, 11) is 0. The number of halogens is 5. The molecule has 1 aromatic carbocycles. The minimum absolute atomic E-state index is 0.155. The standard InChI is InChI=1S/C11H8BrF4NO/c12-5-1-2-8(13)6(3-5)10-7(11(14,15)16)4-9(18)17-10/h1-3,7,10H,4H2,(H,17,18). The van der Waals surface area contributed by atoms with Crippen LogP contribution >= 0.6 is 15.9 Å². The van der Waals surface area contributed by atoms with E-state index < -0.39 is 36.3 Å². The van der Waals surface area contributed by atoms with E-state index in [9.17, 15) is 22.4 Å². The summed E-state index contributed by atoms with van der Waals surface area (Å²) in [5.41, 5.74) is -0.155. The number of carbonyl (C=O) groups excluding carboxylic acids is 1. The van der Waals surface area contributed by atoms with E-state index in [1.165, 1.54) is 12.1 Å². The Morgan fingerprint density at radius 3 is 2.61 bits per heavy atom. The summed E-state index contributed by atoms with van der Waals surface area (Å²) in [6, 6.07) is 2.34. The van der Waals surface area contributed by atoms with E-state index in [1.807, 2.05) is 0 Å². The normalized spacial score (nSPS) is 24.2. The summed E-state index contributed by atoms with van der Waals surface area (Å²) in [5, 5.41) is 2.18. The third-order valence-electron chi connectivity index (χ3n) is 2.84. The fraction of sp³-hybridized carbons (Fsp3) is 0.364. The van der Waals surface area contributed by atoms with Crippen LogP contribution < -0.4 is 5.32 Å². The number of hydrogen-bond donors (Lipinski definition) is 1. The fourth-order valence-corrected chi connectivity index (χ4v) is 2.38. The van der Waals surface area contributed by atoms with Gasteiger partial charge in [0.1, 0.15) is 5.82 Å². The Kier molecular flexibility index (Phi) is 3.35. The van der Waals surface area contributed by atoms with Crippen LogP contribution in [-0.4, -0.2) is 12.1 Å². The highest BCUT2D eigenvalue weighted by Crippen LogP contribution is 2.42. The maximum atomic E-state index is 13.6. The minimum atomic E-state index is -4.54. The lowest BCUT2D eigenvalue weighted by Crippen LogP contribution is -2.30. The Hall–Kier alpha value is -1.11. The van der Waals surface area contributed by atoms with Crippen molar-refractivity contribution in [3.05, 3.63) is 34.1 Å². The zero-order valence-electron chi connectivity index (χ0n) is 8.89. The van der Waals surface area contributed by atoms with Gasteiger partial charge in [-0.25, -0.2) is 4.39 Å². The second-order valence-electron chi connectivity index (χ2n) is 4.06. The second-order valence-corrected chi connectivity index (χ2v) is 4.98. The van der Waals surface area contributed by atoms with E-state index in [0.29, 0.717) is 4.47 Å². The number of amides is 1. The van der Waals surface area contributed by atoms with Crippen LogP contribution in [0.3, 0.4) is 0 Å². The Balaban J connectivity index is 2.42. The molecule has 7 heteroatoms. The topological polar surface area (TPSA) is 29.1 Å². The average Bonchev–Trinajstić information content (AvgIpc) is 2.63. The molecule has 0 aliphatic carbocycles. The highest BCUT2D eigenvalue weighted by molar-refractivity contribution is 9.10. The van der Waals surface area contributed by atoms with Crippen LogP contribution in [0.5, 0.6) is 0 Å². The molecule has 98 valence electrons. The zero-order valence-corrected chi connectivity index (χ0v) is 10.5. The van der Waals surface area contributed by atoms with Crippen molar-refractivity contribution in [1.82, 2.24) is 5.32 Å². The predicted octanol–water partition coefficient (Wildman–Crippen LogP) is 3.33. The molecule has 1 fully saturated rings. The Labute approximate surface area is 108 Å². The summed E-state index contributed by atoms with van der Waals surface area (Å²) in [6.45, 7) is 0. The summed E-state index contributed by atoms with van der Waals surface area (Å²) in [6.07, 6.45) is -5.21. The van der Waals surface area contributed by atoms with Crippen molar-refractivity contribution in [1.29, 1.82) is 0 Å². The van der Waals surface area contributed by atoms with Gasteiger partial charge in [-0.1, -0.05) is 15.9 Å². The molecule has 1 aliphatic heterocycles. The van der Waals surface area contributed by atoms with Gasteiger partial charge < -0.3 is 5.32 Å². The van der Waals surface area contributed by atoms with E-state index in [0.717, 1.165) is 6.07 Å². The molecule has 2 nitrogen and oxygen atoms in total. The molecule has 1 aliphatic rings. The summed E-state index contributed by atoms with van der Waals surface area (Å²) in [4.78, 5) is 11.1. The van der Waals surface area contributed by atoms with Gasteiger partial charge in [-0.05, 0) is 18.2 Å². The lowest BCUT2D eigenvalue weighted by molar-refractivity contribution is -0.177. The molecule has 18 heavy (non-hydrogen) atoms. The molecule has 0 spiro atoms. The molecule has 1 heterocycles. The molecule has 1 N–H and O–H groups in total. The molecule has 0 aromatic heterocycles. The first-order chi connectivity index (χ1) is 8.29. The van der Waals surface area contributed by atoms with Crippen LogP contribution in [0, 0.1) is 11.7 Å².